The smallest absolute Gasteiger partial charge is 0.181 e. The van der Waals surface area contributed by atoms with Crippen molar-refractivity contribution in [2.24, 2.45) is 22.7 Å². The molecular weight excluding hydrogens is 240 g/mol. The van der Waals surface area contributed by atoms with Crippen molar-refractivity contribution in [2.75, 3.05) is 13.2 Å². The van der Waals surface area contributed by atoms with Gasteiger partial charge in [0.1, 0.15) is 0 Å². The van der Waals surface area contributed by atoms with E-state index in [2.05, 4.69) is 26.0 Å². The molecule has 0 radical (unpaired) electrons. The van der Waals surface area contributed by atoms with Crippen molar-refractivity contribution in [3.63, 3.8) is 0 Å². The van der Waals surface area contributed by atoms with Gasteiger partial charge in [0.15, 0.2) is 5.79 Å². The summed E-state index contributed by atoms with van der Waals surface area (Å²) < 4.78 is 12.5. The quantitative estimate of drug-likeness (QED) is 0.683. The van der Waals surface area contributed by atoms with Crippen LogP contribution in [0, 0.1) is 22.7 Å². The maximum Gasteiger partial charge on any atom is 0.181 e. The van der Waals surface area contributed by atoms with Crippen LogP contribution in [-0.2, 0) is 9.47 Å². The van der Waals surface area contributed by atoms with Crippen LogP contribution >= 0.6 is 0 Å². The number of fused-ring (bicyclic) bond motifs is 1. The van der Waals surface area contributed by atoms with Crippen LogP contribution in [0.4, 0.5) is 0 Å². The van der Waals surface area contributed by atoms with Crippen LogP contribution in [0.15, 0.2) is 12.2 Å². The Balaban J connectivity index is 1.69. The summed E-state index contributed by atoms with van der Waals surface area (Å²) in [6.07, 6.45) is 8.50. The number of ether oxygens (including phenoxy) is 2. The Morgan fingerprint density at radius 3 is 2.63 bits per heavy atom. The average molecular weight is 264 g/mol. The molecule has 4 rings (SSSR count). The second-order valence-corrected chi connectivity index (χ2v) is 7.61. The summed E-state index contributed by atoms with van der Waals surface area (Å²) in [6, 6.07) is 0. The van der Waals surface area contributed by atoms with Gasteiger partial charge in [-0.25, -0.2) is 0 Å². The first-order valence-electron chi connectivity index (χ1n) is 7.66. The molecule has 3 fully saturated rings. The third kappa shape index (κ3) is 1.34. The maximum atomic E-state index is 10.7. The van der Waals surface area contributed by atoms with Gasteiger partial charge in [-0.1, -0.05) is 32.4 Å². The molecular formula is C16H24O3. The predicted octanol–water partition coefficient (Wildman–Crippen LogP) is 2.49. The normalized spacial score (nSPS) is 49.5. The lowest BCUT2D eigenvalue weighted by molar-refractivity contribution is -0.277. The summed E-state index contributed by atoms with van der Waals surface area (Å²) in [6.45, 7) is 5.84. The molecule has 0 amide bonds. The monoisotopic (exact) mass is 264 g/mol. The highest BCUT2D eigenvalue weighted by atomic mass is 16.7. The minimum atomic E-state index is -0.490. The fraction of sp³-hybridized carbons (Fsp3) is 0.875. The van der Waals surface area contributed by atoms with Gasteiger partial charge in [-0.05, 0) is 25.2 Å². The molecule has 0 unspecified atom stereocenters. The molecule has 19 heavy (non-hydrogen) atoms. The van der Waals surface area contributed by atoms with Crippen molar-refractivity contribution in [3.05, 3.63) is 12.2 Å². The first-order chi connectivity index (χ1) is 9.03. The highest BCUT2D eigenvalue weighted by molar-refractivity contribution is 5.32. The number of hydrogen-bond acceptors (Lipinski definition) is 3. The highest BCUT2D eigenvalue weighted by Crippen LogP contribution is 2.77. The molecule has 1 aliphatic heterocycles. The van der Waals surface area contributed by atoms with Crippen molar-refractivity contribution in [2.45, 2.75) is 51.4 Å². The van der Waals surface area contributed by atoms with Gasteiger partial charge in [0.25, 0.3) is 0 Å². The first-order valence-corrected chi connectivity index (χ1v) is 7.66. The Bertz CT molecular complexity index is 418. The largest absolute Gasteiger partial charge is 0.392 e. The molecule has 0 aromatic rings. The van der Waals surface area contributed by atoms with E-state index in [1.807, 2.05) is 0 Å². The van der Waals surface area contributed by atoms with E-state index >= 15 is 0 Å². The van der Waals surface area contributed by atoms with Crippen LogP contribution < -0.4 is 0 Å². The molecule has 0 bridgehead atoms. The summed E-state index contributed by atoms with van der Waals surface area (Å²) in [5, 5.41) is 10.7. The van der Waals surface area contributed by atoms with Gasteiger partial charge in [0, 0.05) is 11.3 Å². The van der Waals surface area contributed by atoms with Crippen LogP contribution in [0.2, 0.25) is 0 Å². The predicted molar refractivity (Wildman–Crippen MR) is 71.4 cm³/mol. The van der Waals surface area contributed by atoms with E-state index in [4.69, 9.17) is 9.47 Å². The molecule has 106 valence electrons. The summed E-state index contributed by atoms with van der Waals surface area (Å²) in [5.41, 5.74) is -0.0489. The Hall–Kier alpha value is -0.380. The molecule has 3 nitrogen and oxygen atoms in total. The summed E-state index contributed by atoms with van der Waals surface area (Å²) in [5.74, 6) is 0.314. The number of aliphatic hydroxyl groups is 1. The number of aliphatic hydroxyl groups excluding tert-OH is 1. The van der Waals surface area contributed by atoms with Crippen LogP contribution in [0.1, 0.15) is 39.5 Å². The molecule has 1 saturated heterocycles. The van der Waals surface area contributed by atoms with Crippen molar-refractivity contribution in [1.82, 2.24) is 0 Å². The Labute approximate surface area is 115 Å². The van der Waals surface area contributed by atoms with Crippen molar-refractivity contribution >= 4 is 0 Å². The molecule has 4 atom stereocenters. The van der Waals surface area contributed by atoms with Gasteiger partial charge >= 0.3 is 0 Å². The SMILES string of the molecule is CC1(C)COC2(OC1)[C@@H]1CC=C[C@H]3CCC[C@@H](O)[C@]312. The lowest BCUT2D eigenvalue weighted by atomic mass is 9.70. The first kappa shape index (κ1) is 12.4. The van der Waals surface area contributed by atoms with Crippen LogP contribution in [-0.4, -0.2) is 30.2 Å². The van der Waals surface area contributed by atoms with Crippen LogP contribution in [0.3, 0.4) is 0 Å². The number of rotatable bonds is 0. The molecule has 1 N–H and O–H groups in total. The van der Waals surface area contributed by atoms with Crippen LogP contribution in [0.5, 0.6) is 0 Å². The Kier molecular flexibility index (Phi) is 2.36. The highest BCUT2D eigenvalue weighted by Gasteiger charge is 2.85. The molecule has 2 saturated carbocycles. The fourth-order valence-electron chi connectivity index (χ4n) is 4.90. The van der Waals surface area contributed by atoms with Gasteiger partial charge in [0.2, 0.25) is 0 Å². The van der Waals surface area contributed by atoms with Gasteiger partial charge in [0.05, 0.1) is 24.7 Å². The molecule has 4 aliphatic rings. The second kappa shape index (κ2) is 3.63. The third-order valence-electron chi connectivity index (χ3n) is 5.81. The Morgan fingerprint density at radius 1 is 1.16 bits per heavy atom. The van der Waals surface area contributed by atoms with Gasteiger partial charge in [-0.15, -0.1) is 0 Å². The zero-order chi connectivity index (χ0) is 13.3. The zero-order valence-corrected chi connectivity index (χ0v) is 11.9. The standard InChI is InChI=1S/C16H24O3/c1-14(2)9-18-16(19-10-14)12-7-3-5-11-6-4-8-13(17)15(11,12)16/h3,5,11-13,17H,4,6-10H2,1-2H3/t11-,12+,13+,15-/m0/s1. The van der Waals surface area contributed by atoms with E-state index in [-0.39, 0.29) is 16.9 Å². The molecule has 2 spiro atoms. The minimum Gasteiger partial charge on any atom is -0.392 e. The minimum absolute atomic E-state index is 0.0934. The van der Waals surface area contributed by atoms with E-state index < -0.39 is 5.79 Å². The molecule has 0 aromatic carbocycles. The topological polar surface area (TPSA) is 38.7 Å². The Morgan fingerprint density at radius 2 is 1.89 bits per heavy atom. The maximum absolute atomic E-state index is 10.7. The van der Waals surface area contributed by atoms with Crippen molar-refractivity contribution in [3.8, 4) is 0 Å². The molecule has 1 heterocycles. The molecule has 0 aromatic heterocycles. The van der Waals surface area contributed by atoms with Crippen molar-refractivity contribution in [1.29, 1.82) is 0 Å². The van der Waals surface area contributed by atoms with E-state index in [1.165, 1.54) is 6.42 Å². The van der Waals surface area contributed by atoms with Crippen LogP contribution in [0.25, 0.3) is 0 Å². The third-order valence-corrected chi connectivity index (χ3v) is 5.81. The van der Waals surface area contributed by atoms with Gasteiger partial charge in [-0.3, -0.25) is 0 Å². The average Bonchev–Trinajstić information content (AvgIpc) is 2.97. The van der Waals surface area contributed by atoms with Gasteiger partial charge in [-0.2, -0.15) is 0 Å². The zero-order valence-electron chi connectivity index (χ0n) is 11.9. The molecule has 3 aliphatic carbocycles. The summed E-state index contributed by atoms with van der Waals surface area (Å²) in [4.78, 5) is 0. The number of allylic oxidation sites excluding steroid dienone is 2. The van der Waals surface area contributed by atoms with Gasteiger partial charge < -0.3 is 14.6 Å². The second-order valence-electron chi connectivity index (χ2n) is 7.61. The van der Waals surface area contributed by atoms with E-state index in [0.29, 0.717) is 11.8 Å². The van der Waals surface area contributed by atoms with E-state index in [1.54, 1.807) is 0 Å². The fourth-order valence-corrected chi connectivity index (χ4v) is 4.90. The number of hydrogen-bond donors (Lipinski definition) is 1. The van der Waals surface area contributed by atoms with E-state index in [9.17, 15) is 5.11 Å². The van der Waals surface area contributed by atoms with Crippen molar-refractivity contribution < 1.29 is 14.6 Å². The molecule has 3 heteroatoms. The lowest BCUT2D eigenvalue weighted by Crippen LogP contribution is -2.48. The van der Waals surface area contributed by atoms with E-state index in [0.717, 1.165) is 32.5 Å². The summed E-state index contributed by atoms with van der Waals surface area (Å²) >= 11 is 0. The lowest BCUT2D eigenvalue weighted by Gasteiger charge is -2.43. The summed E-state index contributed by atoms with van der Waals surface area (Å²) in [7, 11) is 0.